The Kier molecular flexibility index (Phi) is 5.18. The average Bonchev–Trinajstić information content (AvgIpc) is 2.78. The molecule has 0 spiro atoms. The number of nitrogens with two attached hydrogens (primary N) is 1. The third-order valence-corrected chi connectivity index (χ3v) is 5.30. The van der Waals surface area contributed by atoms with E-state index in [2.05, 4.69) is 73.4 Å². The van der Waals surface area contributed by atoms with Crippen molar-refractivity contribution in [3.63, 3.8) is 0 Å². The molecule has 28 heavy (non-hydrogen) atoms. The summed E-state index contributed by atoms with van der Waals surface area (Å²) >= 11 is 0. The normalized spacial score (nSPS) is 12.2. The molecule has 4 rings (SSSR count). The van der Waals surface area contributed by atoms with Crippen molar-refractivity contribution in [1.29, 1.82) is 0 Å². The molecule has 4 aromatic rings. The summed E-state index contributed by atoms with van der Waals surface area (Å²) in [6, 6.07) is 23.3. The molecule has 1 atom stereocenters. The lowest BCUT2D eigenvalue weighted by Gasteiger charge is -2.14. The Balaban J connectivity index is 1.93. The third-order valence-electron chi connectivity index (χ3n) is 5.30. The Hall–Kier alpha value is -3.04. The molecule has 0 fully saturated rings. The van der Waals surface area contributed by atoms with Crippen LogP contribution in [-0.4, -0.2) is 9.97 Å². The van der Waals surface area contributed by atoms with Crippen molar-refractivity contribution >= 4 is 10.9 Å². The Bertz CT molecular complexity index is 1090. The first-order valence-corrected chi connectivity index (χ1v) is 9.91. The van der Waals surface area contributed by atoms with Gasteiger partial charge in [-0.15, -0.1) is 0 Å². The van der Waals surface area contributed by atoms with Crippen LogP contribution < -0.4 is 5.73 Å². The van der Waals surface area contributed by atoms with E-state index in [1.54, 1.807) is 0 Å². The monoisotopic (exact) mass is 367 g/mol. The van der Waals surface area contributed by atoms with Crippen LogP contribution in [0.4, 0.5) is 0 Å². The van der Waals surface area contributed by atoms with Gasteiger partial charge in [0.2, 0.25) is 0 Å². The molecule has 0 aliphatic rings. The number of pyridine rings is 2. The van der Waals surface area contributed by atoms with Crippen LogP contribution in [0, 0.1) is 0 Å². The number of hydrogen-bond donors (Lipinski definition) is 1. The van der Waals surface area contributed by atoms with Crippen molar-refractivity contribution in [2.75, 3.05) is 0 Å². The van der Waals surface area contributed by atoms with Crippen molar-refractivity contribution in [3.05, 3.63) is 84.2 Å². The fourth-order valence-corrected chi connectivity index (χ4v) is 3.62. The van der Waals surface area contributed by atoms with Crippen LogP contribution in [0.3, 0.4) is 0 Å². The summed E-state index contributed by atoms with van der Waals surface area (Å²) in [6.45, 7) is 4.24. The first-order chi connectivity index (χ1) is 13.7. The van der Waals surface area contributed by atoms with Crippen LogP contribution in [0.25, 0.3) is 33.3 Å². The van der Waals surface area contributed by atoms with Gasteiger partial charge in [0.05, 0.1) is 11.2 Å². The minimum Gasteiger partial charge on any atom is -0.324 e. The maximum atomic E-state index is 6.19. The number of hydrogen-bond acceptors (Lipinski definition) is 3. The third kappa shape index (κ3) is 3.41. The fourth-order valence-electron chi connectivity index (χ4n) is 3.62. The molecular weight excluding hydrogens is 342 g/mol. The number of rotatable bonds is 5. The van der Waals surface area contributed by atoms with Gasteiger partial charge in [-0.1, -0.05) is 68.4 Å². The minimum atomic E-state index is 0.0744. The SMILES string of the molecule is CCc1nccc2nc(-c3ccc(C(N)CC)cc3)c(-c3ccccc3)cc12. The van der Waals surface area contributed by atoms with E-state index in [1.807, 2.05) is 18.3 Å². The van der Waals surface area contributed by atoms with E-state index < -0.39 is 0 Å². The topological polar surface area (TPSA) is 51.8 Å². The Morgan fingerprint density at radius 2 is 1.64 bits per heavy atom. The summed E-state index contributed by atoms with van der Waals surface area (Å²) in [6.07, 6.45) is 3.66. The van der Waals surface area contributed by atoms with Crippen LogP contribution in [0.1, 0.15) is 37.6 Å². The summed E-state index contributed by atoms with van der Waals surface area (Å²) < 4.78 is 0. The second-order valence-electron chi connectivity index (χ2n) is 7.07. The largest absolute Gasteiger partial charge is 0.324 e. The van der Waals surface area contributed by atoms with Crippen molar-refractivity contribution in [3.8, 4) is 22.4 Å². The Morgan fingerprint density at radius 1 is 0.893 bits per heavy atom. The van der Waals surface area contributed by atoms with Crippen LogP contribution in [0.15, 0.2) is 72.9 Å². The predicted molar refractivity (Wildman–Crippen MR) is 117 cm³/mol. The van der Waals surface area contributed by atoms with Crippen molar-refractivity contribution in [1.82, 2.24) is 9.97 Å². The summed E-state index contributed by atoms with van der Waals surface area (Å²) in [4.78, 5) is 9.60. The summed E-state index contributed by atoms with van der Waals surface area (Å²) in [7, 11) is 0. The Labute approximate surface area is 166 Å². The van der Waals surface area contributed by atoms with Crippen LogP contribution in [0.2, 0.25) is 0 Å². The van der Waals surface area contributed by atoms with Crippen molar-refractivity contribution in [2.24, 2.45) is 5.73 Å². The van der Waals surface area contributed by atoms with E-state index in [0.717, 1.165) is 57.4 Å². The highest BCUT2D eigenvalue weighted by Crippen LogP contribution is 2.34. The van der Waals surface area contributed by atoms with Crippen LogP contribution in [0.5, 0.6) is 0 Å². The second-order valence-corrected chi connectivity index (χ2v) is 7.07. The highest BCUT2D eigenvalue weighted by molar-refractivity contribution is 5.92. The van der Waals surface area contributed by atoms with Gasteiger partial charge in [0.25, 0.3) is 0 Å². The smallest absolute Gasteiger partial charge is 0.0788 e. The molecule has 3 nitrogen and oxygen atoms in total. The van der Waals surface area contributed by atoms with Gasteiger partial charge in [-0.3, -0.25) is 4.98 Å². The number of aryl methyl sites for hydroxylation is 1. The maximum absolute atomic E-state index is 6.19. The van der Waals surface area contributed by atoms with Crippen molar-refractivity contribution in [2.45, 2.75) is 32.7 Å². The zero-order chi connectivity index (χ0) is 19.5. The molecule has 2 heterocycles. The van der Waals surface area contributed by atoms with Crippen molar-refractivity contribution < 1.29 is 0 Å². The quantitative estimate of drug-likeness (QED) is 0.475. The summed E-state index contributed by atoms with van der Waals surface area (Å²) in [5.74, 6) is 0. The van der Waals surface area contributed by atoms with Gasteiger partial charge in [-0.05, 0) is 36.1 Å². The Morgan fingerprint density at radius 3 is 2.32 bits per heavy atom. The van der Waals surface area contributed by atoms with Gasteiger partial charge in [0.15, 0.2) is 0 Å². The highest BCUT2D eigenvalue weighted by Gasteiger charge is 2.14. The molecule has 1 unspecified atom stereocenters. The molecule has 0 saturated heterocycles. The molecule has 0 aliphatic heterocycles. The van der Waals surface area contributed by atoms with E-state index in [4.69, 9.17) is 10.7 Å². The molecule has 2 N–H and O–H groups in total. The summed E-state index contributed by atoms with van der Waals surface area (Å²) in [5, 5.41) is 1.12. The minimum absolute atomic E-state index is 0.0744. The first kappa shape index (κ1) is 18.3. The van der Waals surface area contributed by atoms with Crippen LogP contribution >= 0.6 is 0 Å². The molecule has 0 aliphatic carbocycles. The molecule has 0 saturated carbocycles. The lowest BCUT2D eigenvalue weighted by molar-refractivity contribution is 0.699. The zero-order valence-corrected chi connectivity index (χ0v) is 16.4. The summed E-state index contributed by atoms with van der Waals surface area (Å²) in [5.41, 5.74) is 13.8. The van der Waals surface area contributed by atoms with E-state index >= 15 is 0 Å². The first-order valence-electron chi connectivity index (χ1n) is 9.91. The standard InChI is InChI=1S/C25H25N3/c1-3-22(26)18-10-12-19(13-11-18)25-20(17-8-6-5-7-9-17)16-21-23(4-2)27-15-14-24(21)28-25/h5-16,22H,3-4,26H2,1-2H3. The highest BCUT2D eigenvalue weighted by atomic mass is 14.7. The molecule has 2 aromatic heterocycles. The van der Waals surface area contributed by atoms with Gasteiger partial charge in [-0.25, -0.2) is 4.98 Å². The predicted octanol–water partition coefficient (Wildman–Crippen LogP) is 5.94. The zero-order valence-electron chi connectivity index (χ0n) is 16.4. The molecule has 2 aromatic carbocycles. The number of nitrogens with zero attached hydrogens (tertiary/aromatic N) is 2. The van der Waals surface area contributed by atoms with E-state index in [1.165, 1.54) is 0 Å². The average molecular weight is 367 g/mol. The van der Waals surface area contributed by atoms with Gasteiger partial charge >= 0.3 is 0 Å². The van der Waals surface area contributed by atoms with E-state index in [-0.39, 0.29) is 6.04 Å². The molecule has 0 amide bonds. The van der Waals surface area contributed by atoms with Gasteiger partial charge in [0.1, 0.15) is 0 Å². The van der Waals surface area contributed by atoms with Crippen LogP contribution in [-0.2, 0) is 6.42 Å². The second kappa shape index (κ2) is 7.91. The fraction of sp³-hybridized carbons (Fsp3) is 0.200. The molecular formula is C25H25N3. The lowest BCUT2D eigenvalue weighted by Crippen LogP contribution is -2.08. The maximum Gasteiger partial charge on any atom is 0.0788 e. The number of aromatic nitrogens is 2. The number of benzene rings is 2. The van der Waals surface area contributed by atoms with Gasteiger partial charge < -0.3 is 5.73 Å². The number of fused-ring (bicyclic) bond motifs is 1. The molecule has 140 valence electrons. The molecule has 3 heteroatoms. The van der Waals surface area contributed by atoms with E-state index in [9.17, 15) is 0 Å². The molecule has 0 bridgehead atoms. The van der Waals surface area contributed by atoms with Gasteiger partial charge in [0, 0.05) is 34.4 Å². The lowest BCUT2D eigenvalue weighted by atomic mass is 9.95. The molecule has 0 radical (unpaired) electrons. The van der Waals surface area contributed by atoms with Gasteiger partial charge in [-0.2, -0.15) is 0 Å². The van der Waals surface area contributed by atoms with E-state index in [0.29, 0.717) is 0 Å².